The lowest BCUT2D eigenvalue weighted by Crippen LogP contribution is -2.49. The molecule has 1 saturated heterocycles. The van der Waals surface area contributed by atoms with Crippen molar-refractivity contribution in [1.82, 2.24) is 10.2 Å². The Morgan fingerprint density at radius 2 is 1.67 bits per heavy atom. The average Bonchev–Trinajstić information content (AvgIpc) is 2.67. The van der Waals surface area contributed by atoms with Crippen molar-refractivity contribution in [2.45, 2.75) is 78.3 Å². The standard InChI is InChI=1S/C23H36N4O3/c1-17(2)27(18(3)4)22(29)9-7-5-6-8-15-24-19-10-12-20(13-11-19)26-16-14-21(28)25-23(26)30/h10-13,17-18,24H,5-9,14-16H2,1-4H3,(H,25,28,30). The maximum atomic E-state index is 12.3. The third-order valence-electron chi connectivity index (χ3n) is 5.28. The van der Waals surface area contributed by atoms with Gasteiger partial charge in [0.1, 0.15) is 0 Å². The number of unbranched alkanes of at least 4 members (excludes halogenated alkanes) is 3. The van der Waals surface area contributed by atoms with E-state index in [4.69, 9.17) is 0 Å². The molecule has 2 rings (SSSR count). The second kappa shape index (κ2) is 11.6. The van der Waals surface area contributed by atoms with Gasteiger partial charge in [-0.05, 0) is 64.8 Å². The van der Waals surface area contributed by atoms with E-state index in [1.54, 1.807) is 4.90 Å². The molecule has 7 heteroatoms. The number of nitrogens with zero attached hydrogens (tertiary/aromatic N) is 2. The number of hydrogen-bond donors (Lipinski definition) is 2. The van der Waals surface area contributed by atoms with E-state index in [2.05, 4.69) is 38.3 Å². The molecule has 2 N–H and O–H groups in total. The smallest absolute Gasteiger partial charge is 0.328 e. The van der Waals surface area contributed by atoms with Gasteiger partial charge in [-0.15, -0.1) is 0 Å². The second-order valence-electron chi connectivity index (χ2n) is 8.38. The molecule has 30 heavy (non-hydrogen) atoms. The third kappa shape index (κ3) is 7.04. The van der Waals surface area contributed by atoms with Gasteiger partial charge in [-0.2, -0.15) is 0 Å². The highest BCUT2D eigenvalue weighted by Crippen LogP contribution is 2.20. The Hall–Kier alpha value is -2.57. The molecule has 1 aromatic carbocycles. The monoisotopic (exact) mass is 416 g/mol. The molecular weight excluding hydrogens is 380 g/mol. The van der Waals surface area contributed by atoms with Crippen molar-refractivity contribution in [2.24, 2.45) is 0 Å². The van der Waals surface area contributed by atoms with Gasteiger partial charge < -0.3 is 10.2 Å². The van der Waals surface area contributed by atoms with E-state index in [1.165, 1.54) is 0 Å². The number of urea groups is 1. The summed E-state index contributed by atoms with van der Waals surface area (Å²) in [5.41, 5.74) is 1.79. The molecule has 1 heterocycles. The van der Waals surface area contributed by atoms with Crippen molar-refractivity contribution in [3.05, 3.63) is 24.3 Å². The van der Waals surface area contributed by atoms with Gasteiger partial charge in [0.05, 0.1) is 0 Å². The van der Waals surface area contributed by atoms with Crippen molar-refractivity contribution in [3.63, 3.8) is 0 Å². The fraction of sp³-hybridized carbons (Fsp3) is 0.609. The van der Waals surface area contributed by atoms with Gasteiger partial charge in [0.25, 0.3) is 0 Å². The van der Waals surface area contributed by atoms with Crippen molar-refractivity contribution < 1.29 is 14.4 Å². The van der Waals surface area contributed by atoms with Gasteiger partial charge in [-0.25, -0.2) is 4.79 Å². The normalized spacial score (nSPS) is 14.3. The topological polar surface area (TPSA) is 81.8 Å². The van der Waals surface area contributed by atoms with Crippen molar-refractivity contribution >= 4 is 29.2 Å². The lowest BCUT2D eigenvalue weighted by atomic mass is 10.1. The Kier molecular flexibility index (Phi) is 9.15. The van der Waals surface area contributed by atoms with Crippen LogP contribution in [0, 0.1) is 0 Å². The molecule has 1 aliphatic rings. The highest BCUT2D eigenvalue weighted by atomic mass is 16.2. The molecular formula is C23H36N4O3. The number of nitrogens with one attached hydrogen (secondary N) is 2. The minimum absolute atomic E-state index is 0.226. The minimum Gasteiger partial charge on any atom is -0.385 e. The third-order valence-corrected chi connectivity index (χ3v) is 5.28. The predicted octanol–water partition coefficient (Wildman–Crippen LogP) is 4.14. The first-order valence-corrected chi connectivity index (χ1v) is 11.1. The van der Waals surface area contributed by atoms with Crippen molar-refractivity contribution in [3.8, 4) is 0 Å². The summed E-state index contributed by atoms with van der Waals surface area (Å²) in [7, 11) is 0. The fourth-order valence-corrected chi connectivity index (χ4v) is 3.86. The summed E-state index contributed by atoms with van der Waals surface area (Å²) in [5, 5.41) is 5.73. The molecule has 0 bridgehead atoms. The highest BCUT2D eigenvalue weighted by Gasteiger charge is 2.24. The van der Waals surface area contributed by atoms with Crippen LogP contribution in [0.2, 0.25) is 0 Å². The summed E-state index contributed by atoms with van der Waals surface area (Å²) >= 11 is 0. The van der Waals surface area contributed by atoms with Crippen LogP contribution < -0.4 is 15.5 Å². The van der Waals surface area contributed by atoms with E-state index in [9.17, 15) is 14.4 Å². The summed E-state index contributed by atoms with van der Waals surface area (Å²) in [5.74, 6) is 0.0287. The molecule has 7 nitrogen and oxygen atoms in total. The second-order valence-corrected chi connectivity index (χ2v) is 8.38. The molecule has 0 spiro atoms. The number of carbonyl (C=O) groups is 3. The van der Waals surface area contributed by atoms with E-state index in [0.717, 1.165) is 43.6 Å². The first kappa shape index (κ1) is 23.7. The number of imide groups is 1. The summed E-state index contributed by atoms with van der Waals surface area (Å²) in [4.78, 5) is 39.0. The Labute approximate surface area is 180 Å². The predicted molar refractivity (Wildman–Crippen MR) is 121 cm³/mol. The average molecular weight is 417 g/mol. The quantitative estimate of drug-likeness (QED) is 0.531. The van der Waals surface area contributed by atoms with E-state index in [0.29, 0.717) is 19.4 Å². The van der Waals surface area contributed by atoms with Crippen LogP contribution in [0.1, 0.15) is 66.2 Å². The molecule has 0 aromatic heterocycles. The summed E-state index contributed by atoms with van der Waals surface area (Å²) in [6, 6.07) is 7.81. The molecule has 0 aliphatic carbocycles. The zero-order chi connectivity index (χ0) is 22.1. The largest absolute Gasteiger partial charge is 0.385 e. The van der Waals surface area contributed by atoms with Crippen LogP contribution in [-0.4, -0.2) is 47.9 Å². The van der Waals surface area contributed by atoms with Crippen molar-refractivity contribution in [2.75, 3.05) is 23.3 Å². The van der Waals surface area contributed by atoms with Crippen LogP contribution in [0.3, 0.4) is 0 Å². The fourth-order valence-electron chi connectivity index (χ4n) is 3.86. The number of anilines is 2. The molecule has 166 valence electrons. The molecule has 1 fully saturated rings. The van der Waals surface area contributed by atoms with E-state index >= 15 is 0 Å². The van der Waals surface area contributed by atoms with Gasteiger partial charge in [-0.3, -0.25) is 19.8 Å². The SMILES string of the molecule is CC(C)N(C(=O)CCCCCCNc1ccc(N2CCC(=O)NC2=O)cc1)C(C)C. The molecule has 0 atom stereocenters. The number of benzene rings is 1. The number of rotatable bonds is 11. The summed E-state index contributed by atoms with van der Waals surface area (Å²) in [6.45, 7) is 9.55. The van der Waals surface area contributed by atoms with Gasteiger partial charge in [-0.1, -0.05) is 12.8 Å². The molecule has 4 amide bonds. The van der Waals surface area contributed by atoms with Gasteiger partial charge in [0, 0.05) is 49.4 Å². The van der Waals surface area contributed by atoms with Crippen LogP contribution in [0.4, 0.5) is 16.2 Å². The van der Waals surface area contributed by atoms with E-state index in [-0.39, 0.29) is 29.9 Å². The maximum Gasteiger partial charge on any atom is 0.328 e. The zero-order valence-corrected chi connectivity index (χ0v) is 18.7. The first-order chi connectivity index (χ1) is 14.3. The van der Waals surface area contributed by atoms with Crippen molar-refractivity contribution in [1.29, 1.82) is 0 Å². The maximum absolute atomic E-state index is 12.3. The molecule has 1 aliphatic heterocycles. The molecule has 0 radical (unpaired) electrons. The number of amides is 4. The van der Waals surface area contributed by atoms with Crippen LogP contribution in [-0.2, 0) is 9.59 Å². The van der Waals surface area contributed by atoms with Crippen LogP contribution in [0.15, 0.2) is 24.3 Å². The van der Waals surface area contributed by atoms with E-state index in [1.807, 2.05) is 29.2 Å². The Morgan fingerprint density at radius 3 is 2.27 bits per heavy atom. The lowest BCUT2D eigenvalue weighted by molar-refractivity contribution is -0.134. The van der Waals surface area contributed by atoms with Gasteiger partial charge in [0.15, 0.2) is 0 Å². The zero-order valence-electron chi connectivity index (χ0n) is 18.7. The van der Waals surface area contributed by atoms with Crippen LogP contribution in [0.25, 0.3) is 0 Å². The van der Waals surface area contributed by atoms with Gasteiger partial charge >= 0.3 is 6.03 Å². The highest BCUT2D eigenvalue weighted by molar-refractivity contribution is 6.05. The Bertz CT molecular complexity index is 708. The van der Waals surface area contributed by atoms with Gasteiger partial charge in [0.2, 0.25) is 11.8 Å². The Morgan fingerprint density at radius 1 is 1.03 bits per heavy atom. The first-order valence-electron chi connectivity index (χ1n) is 11.1. The summed E-state index contributed by atoms with van der Waals surface area (Å²) < 4.78 is 0. The number of carbonyl (C=O) groups excluding carboxylic acids is 3. The van der Waals surface area contributed by atoms with Crippen LogP contribution in [0.5, 0.6) is 0 Å². The molecule has 1 aromatic rings. The van der Waals surface area contributed by atoms with Crippen LogP contribution >= 0.6 is 0 Å². The Balaban J connectivity index is 1.63. The molecule has 0 saturated carbocycles. The summed E-state index contributed by atoms with van der Waals surface area (Å²) in [6.07, 6.45) is 5.07. The number of hydrogen-bond acceptors (Lipinski definition) is 4. The van der Waals surface area contributed by atoms with E-state index < -0.39 is 0 Å². The minimum atomic E-state index is -0.365. The molecule has 0 unspecified atom stereocenters. The lowest BCUT2D eigenvalue weighted by Gasteiger charge is -2.30.